The molecule has 0 saturated carbocycles. The highest BCUT2D eigenvalue weighted by Gasteiger charge is 2.45. The third-order valence-corrected chi connectivity index (χ3v) is 6.82. The Morgan fingerprint density at radius 3 is 2.77 bits per heavy atom. The molecule has 0 radical (unpaired) electrons. The Morgan fingerprint density at radius 1 is 1.23 bits per heavy atom. The second kappa shape index (κ2) is 7.03. The molecule has 1 atom stereocenters. The summed E-state index contributed by atoms with van der Waals surface area (Å²) in [6.45, 7) is 3.92. The van der Waals surface area contributed by atoms with Crippen LogP contribution in [0.3, 0.4) is 0 Å². The highest BCUT2D eigenvalue weighted by atomic mass is 32.1. The average Bonchev–Trinajstić information content (AvgIpc) is 3.35. The molecule has 0 fully saturated rings. The molecule has 0 bridgehead atoms. The van der Waals surface area contributed by atoms with Crippen LogP contribution in [0.1, 0.15) is 42.2 Å². The molecule has 7 heteroatoms. The normalized spacial score (nSPS) is 17.4. The maximum absolute atomic E-state index is 13.3. The van der Waals surface area contributed by atoms with Crippen LogP contribution in [-0.4, -0.2) is 27.7 Å². The Morgan fingerprint density at radius 2 is 2.03 bits per heavy atom. The van der Waals surface area contributed by atoms with Crippen molar-refractivity contribution in [3.63, 3.8) is 0 Å². The van der Waals surface area contributed by atoms with E-state index in [1.165, 1.54) is 11.3 Å². The molecule has 2 aromatic heterocycles. The van der Waals surface area contributed by atoms with Crippen LogP contribution in [0.4, 0.5) is 0 Å². The highest BCUT2D eigenvalue weighted by molar-refractivity contribution is 7.20. The lowest BCUT2D eigenvalue weighted by atomic mass is 9.68. The van der Waals surface area contributed by atoms with Crippen LogP contribution < -0.4 is 4.74 Å². The van der Waals surface area contributed by atoms with Crippen molar-refractivity contribution < 1.29 is 9.53 Å². The summed E-state index contributed by atoms with van der Waals surface area (Å²) in [4.78, 5) is 18.1. The highest BCUT2D eigenvalue weighted by Crippen LogP contribution is 2.48. The smallest absolute Gasteiger partial charge is 0.211 e. The molecule has 1 aliphatic carbocycles. The molecular formula is C24H20N4O2S. The predicted molar refractivity (Wildman–Crippen MR) is 120 cm³/mol. The van der Waals surface area contributed by atoms with Crippen molar-refractivity contribution in [1.29, 1.82) is 5.26 Å². The Bertz CT molecular complexity index is 1340. The number of para-hydroxylation sites is 1. The van der Waals surface area contributed by atoms with Crippen molar-refractivity contribution in [1.82, 2.24) is 14.8 Å². The Hall–Kier alpha value is -3.50. The third-order valence-electron chi connectivity index (χ3n) is 5.81. The van der Waals surface area contributed by atoms with E-state index in [4.69, 9.17) is 14.8 Å². The fourth-order valence-corrected chi connectivity index (χ4v) is 5.18. The van der Waals surface area contributed by atoms with Gasteiger partial charge in [-0.3, -0.25) is 4.79 Å². The lowest BCUT2D eigenvalue weighted by Gasteiger charge is -2.33. The Kier molecular flexibility index (Phi) is 4.42. The number of rotatable bonds is 3. The summed E-state index contributed by atoms with van der Waals surface area (Å²) >= 11 is 1.50. The standard InChI is InChI=1S/C24H20N4O2S/c1-24(2)12-18(29)20-21(14-7-6-8-15(11-14)30-3)27-28(22(20)16(24)13-25)23-26-17-9-4-5-10-19(17)31-23/h4-11,16H,12H2,1-3H3. The molecule has 2 heterocycles. The SMILES string of the molecule is COc1cccc(-c2nn(-c3nc4ccccc4s3)c3c2C(=O)CC(C)(C)C3C#N)c1. The summed E-state index contributed by atoms with van der Waals surface area (Å²) in [5.41, 5.74) is 2.84. The Balaban J connectivity index is 1.82. The van der Waals surface area contributed by atoms with Gasteiger partial charge in [-0.2, -0.15) is 10.4 Å². The molecule has 4 aromatic rings. The molecule has 0 spiro atoms. The van der Waals surface area contributed by atoms with Crippen LogP contribution in [0.5, 0.6) is 5.75 Å². The molecule has 2 aromatic carbocycles. The van der Waals surface area contributed by atoms with E-state index < -0.39 is 11.3 Å². The summed E-state index contributed by atoms with van der Waals surface area (Å²) in [5.74, 6) is 0.192. The summed E-state index contributed by atoms with van der Waals surface area (Å²) < 4.78 is 8.11. The number of methoxy groups -OCH3 is 1. The van der Waals surface area contributed by atoms with Gasteiger partial charge in [-0.25, -0.2) is 9.67 Å². The number of benzene rings is 2. The number of fused-ring (bicyclic) bond motifs is 2. The van der Waals surface area contributed by atoms with E-state index in [-0.39, 0.29) is 5.78 Å². The predicted octanol–water partition coefficient (Wildman–Crippen LogP) is 5.38. The molecule has 6 nitrogen and oxygen atoms in total. The van der Waals surface area contributed by atoms with E-state index in [0.717, 1.165) is 15.8 Å². The minimum atomic E-state index is -0.501. The molecule has 0 N–H and O–H groups in total. The van der Waals surface area contributed by atoms with Crippen LogP contribution in [0.25, 0.3) is 26.6 Å². The number of carbonyl (C=O) groups excluding carboxylic acids is 1. The second-order valence-electron chi connectivity index (χ2n) is 8.37. The number of hydrogen-bond acceptors (Lipinski definition) is 6. The number of nitrogens with zero attached hydrogens (tertiary/aromatic N) is 4. The number of ether oxygens (including phenoxy) is 1. The number of Topliss-reactive ketones (excluding diaryl/α,β-unsaturated/α-hetero) is 1. The largest absolute Gasteiger partial charge is 0.497 e. The van der Waals surface area contributed by atoms with E-state index in [0.29, 0.717) is 34.3 Å². The molecule has 0 saturated heterocycles. The van der Waals surface area contributed by atoms with E-state index in [2.05, 4.69) is 6.07 Å². The average molecular weight is 429 g/mol. The van der Waals surface area contributed by atoms with Gasteiger partial charge in [0.1, 0.15) is 11.4 Å². The van der Waals surface area contributed by atoms with Crippen LogP contribution in [0, 0.1) is 16.7 Å². The van der Waals surface area contributed by atoms with E-state index in [9.17, 15) is 10.1 Å². The second-order valence-corrected chi connectivity index (χ2v) is 9.38. The number of carbonyl (C=O) groups is 1. The van der Waals surface area contributed by atoms with Crippen molar-refractivity contribution in [2.75, 3.05) is 7.11 Å². The number of nitriles is 1. The van der Waals surface area contributed by atoms with Gasteiger partial charge in [-0.15, -0.1) is 0 Å². The van der Waals surface area contributed by atoms with Gasteiger partial charge in [0.25, 0.3) is 0 Å². The molecule has 1 aliphatic rings. The topological polar surface area (TPSA) is 80.8 Å². The number of hydrogen-bond donors (Lipinski definition) is 0. The Labute approximate surface area is 183 Å². The number of thiazole rings is 1. The lowest BCUT2D eigenvalue weighted by molar-refractivity contribution is 0.0900. The zero-order valence-corrected chi connectivity index (χ0v) is 18.2. The first-order valence-electron chi connectivity index (χ1n) is 9.99. The van der Waals surface area contributed by atoms with Crippen LogP contribution in [0.15, 0.2) is 48.5 Å². The maximum atomic E-state index is 13.3. The zero-order chi connectivity index (χ0) is 21.8. The van der Waals surface area contributed by atoms with Gasteiger partial charge in [0.2, 0.25) is 5.13 Å². The van der Waals surface area contributed by atoms with Gasteiger partial charge in [0.15, 0.2) is 5.78 Å². The summed E-state index contributed by atoms with van der Waals surface area (Å²) in [6, 6.07) is 17.8. The molecule has 31 heavy (non-hydrogen) atoms. The maximum Gasteiger partial charge on any atom is 0.211 e. The van der Waals surface area contributed by atoms with Gasteiger partial charge in [-0.05, 0) is 29.7 Å². The van der Waals surface area contributed by atoms with Crippen molar-refractivity contribution in [3.05, 3.63) is 59.8 Å². The molecule has 0 amide bonds. The van der Waals surface area contributed by atoms with E-state index in [1.54, 1.807) is 11.8 Å². The molecule has 154 valence electrons. The van der Waals surface area contributed by atoms with Gasteiger partial charge in [-0.1, -0.05) is 49.4 Å². The molecule has 5 rings (SSSR count). The summed E-state index contributed by atoms with van der Waals surface area (Å²) in [6.07, 6.45) is 0.292. The fraction of sp³-hybridized carbons (Fsp3) is 0.250. The molecule has 0 aliphatic heterocycles. The zero-order valence-electron chi connectivity index (χ0n) is 17.4. The van der Waals surface area contributed by atoms with Crippen LogP contribution in [0.2, 0.25) is 0 Å². The van der Waals surface area contributed by atoms with E-state index in [1.807, 2.05) is 62.4 Å². The van der Waals surface area contributed by atoms with Gasteiger partial charge in [0.05, 0.1) is 40.6 Å². The minimum Gasteiger partial charge on any atom is -0.497 e. The van der Waals surface area contributed by atoms with Crippen LogP contribution >= 0.6 is 11.3 Å². The number of ketones is 1. The monoisotopic (exact) mass is 428 g/mol. The van der Waals surface area contributed by atoms with Crippen molar-refractivity contribution in [2.24, 2.45) is 5.41 Å². The number of aromatic nitrogens is 3. The van der Waals surface area contributed by atoms with Crippen molar-refractivity contribution in [2.45, 2.75) is 26.2 Å². The summed E-state index contributed by atoms with van der Waals surface area (Å²) in [5, 5.41) is 15.6. The van der Waals surface area contributed by atoms with Crippen LogP contribution in [-0.2, 0) is 0 Å². The lowest BCUT2D eigenvalue weighted by Crippen LogP contribution is -2.32. The van der Waals surface area contributed by atoms with Gasteiger partial charge in [0, 0.05) is 12.0 Å². The third kappa shape index (κ3) is 3.03. The van der Waals surface area contributed by atoms with E-state index >= 15 is 0 Å². The van der Waals surface area contributed by atoms with Crippen molar-refractivity contribution in [3.8, 4) is 28.2 Å². The first-order chi connectivity index (χ1) is 14.9. The fourth-order valence-electron chi connectivity index (χ4n) is 4.25. The van der Waals surface area contributed by atoms with Gasteiger partial charge >= 0.3 is 0 Å². The molecular weight excluding hydrogens is 408 g/mol. The first-order valence-corrected chi connectivity index (χ1v) is 10.8. The van der Waals surface area contributed by atoms with Crippen molar-refractivity contribution >= 4 is 27.3 Å². The minimum absolute atomic E-state index is 0.00307. The summed E-state index contributed by atoms with van der Waals surface area (Å²) in [7, 11) is 1.60. The quantitative estimate of drug-likeness (QED) is 0.438. The first kappa shape index (κ1) is 19.5. The molecule has 1 unspecified atom stereocenters. The van der Waals surface area contributed by atoms with Gasteiger partial charge < -0.3 is 4.74 Å².